The lowest BCUT2D eigenvalue weighted by Crippen LogP contribution is -2.25. The summed E-state index contributed by atoms with van der Waals surface area (Å²) < 4.78 is 46.9. The van der Waals surface area contributed by atoms with Crippen molar-refractivity contribution < 1.29 is 22.7 Å². The number of anilines is 1. The van der Waals surface area contributed by atoms with Crippen molar-refractivity contribution in [3.8, 4) is 17.3 Å². The second-order valence-corrected chi connectivity index (χ2v) is 7.34. The van der Waals surface area contributed by atoms with Gasteiger partial charge in [0.1, 0.15) is 5.75 Å². The lowest BCUT2D eigenvalue weighted by Gasteiger charge is -2.09. The van der Waals surface area contributed by atoms with Gasteiger partial charge in [0.2, 0.25) is 16.9 Å². The summed E-state index contributed by atoms with van der Waals surface area (Å²) in [5, 5.41) is 13.4. The molecule has 0 radical (unpaired) electrons. The lowest BCUT2D eigenvalue weighted by atomic mass is 10.2. The van der Waals surface area contributed by atoms with E-state index in [1.54, 1.807) is 24.3 Å². The SMILES string of the molecule is O=C(Nc1ccc(Oc2nccn3c(C(F)(F)F)nnc23)cc1)c1nn(-c2ccccc2)ccc1=O. The first-order valence-corrected chi connectivity index (χ1v) is 10.3. The second-order valence-electron chi connectivity index (χ2n) is 7.34. The van der Waals surface area contributed by atoms with Gasteiger partial charge in [0.05, 0.1) is 5.69 Å². The van der Waals surface area contributed by atoms with Gasteiger partial charge in [-0.05, 0) is 36.4 Å². The zero-order valence-corrected chi connectivity index (χ0v) is 18.0. The molecule has 0 saturated carbocycles. The van der Waals surface area contributed by atoms with Crippen LogP contribution in [0.15, 0.2) is 84.0 Å². The number of aromatic nitrogens is 6. The van der Waals surface area contributed by atoms with E-state index in [9.17, 15) is 22.8 Å². The number of benzene rings is 2. The molecule has 0 bridgehead atoms. The van der Waals surface area contributed by atoms with Crippen LogP contribution in [0.25, 0.3) is 11.3 Å². The Balaban J connectivity index is 1.33. The van der Waals surface area contributed by atoms with Crippen LogP contribution in [0.4, 0.5) is 18.9 Å². The van der Waals surface area contributed by atoms with E-state index in [1.807, 2.05) is 6.07 Å². The van der Waals surface area contributed by atoms with Crippen molar-refractivity contribution in [1.29, 1.82) is 0 Å². The molecule has 180 valence electrons. The van der Waals surface area contributed by atoms with Gasteiger partial charge in [-0.2, -0.15) is 18.3 Å². The van der Waals surface area contributed by atoms with Crippen LogP contribution in [0.5, 0.6) is 11.6 Å². The molecule has 0 aliphatic heterocycles. The van der Waals surface area contributed by atoms with Gasteiger partial charge in [-0.3, -0.25) is 14.0 Å². The summed E-state index contributed by atoms with van der Waals surface area (Å²) >= 11 is 0. The molecule has 0 unspecified atom stereocenters. The molecule has 0 fully saturated rings. The number of fused-ring (bicyclic) bond motifs is 1. The van der Waals surface area contributed by atoms with Gasteiger partial charge in [-0.25, -0.2) is 9.67 Å². The Labute approximate surface area is 199 Å². The minimum Gasteiger partial charge on any atom is -0.436 e. The fourth-order valence-electron chi connectivity index (χ4n) is 3.27. The van der Waals surface area contributed by atoms with Gasteiger partial charge in [0, 0.05) is 30.3 Å². The number of ether oxygens (including phenoxy) is 1. The molecule has 2 aromatic carbocycles. The average Bonchev–Trinajstić information content (AvgIpc) is 3.32. The number of hydrogen-bond acceptors (Lipinski definition) is 7. The van der Waals surface area contributed by atoms with Crippen molar-refractivity contribution in [3.05, 3.63) is 101 Å². The highest BCUT2D eigenvalue weighted by atomic mass is 19.4. The predicted octanol–water partition coefficient (Wildman–Crippen LogP) is 3.73. The quantitative estimate of drug-likeness (QED) is 0.397. The maximum Gasteiger partial charge on any atom is 0.452 e. The second kappa shape index (κ2) is 8.94. The molecule has 10 nitrogen and oxygen atoms in total. The first-order valence-electron chi connectivity index (χ1n) is 10.3. The number of amides is 1. The largest absolute Gasteiger partial charge is 0.452 e. The standard InChI is InChI=1S/C23H14F3N7O3/c24-23(25,26)22-30-29-19-21(27-11-13-32(19)22)36-16-8-6-14(7-9-16)28-20(35)18-17(34)10-12-33(31-18)15-4-2-1-3-5-15/h1-13H,(H,28,35). The number of halogens is 3. The molecule has 1 amide bonds. The van der Waals surface area contributed by atoms with Crippen molar-refractivity contribution in [1.82, 2.24) is 29.4 Å². The van der Waals surface area contributed by atoms with E-state index in [0.717, 1.165) is 16.8 Å². The van der Waals surface area contributed by atoms with Crippen LogP contribution in [-0.4, -0.2) is 35.3 Å². The number of carbonyl (C=O) groups is 1. The molecule has 1 N–H and O–H groups in total. The zero-order valence-electron chi connectivity index (χ0n) is 18.0. The molecule has 5 rings (SSSR count). The first kappa shape index (κ1) is 22.7. The number of rotatable bonds is 5. The Hall–Kier alpha value is -5.07. The molecular weight excluding hydrogens is 479 g/mol. The lowest BCUT2D eigenvalue weighted by molar-refractivity contribution is -0.145. The monoisotopic (exact) mass is 493 g/mol. The van der Waals surface area contributed by atoms with Crippen molar-refractivity contribution in [3.63, 3.8) is 0 Å². The molecule has 0 spiro atoms. The van der Waals surface area contributed by atoms with Crippen LogP contribution < -0.4 is 15.5 Å². The van der Waals surface area contributed by atoms with Crippen LogP contribution in [0.2, 0.25) is 0 Å². The van der Waals surface area contributed by atoms with Gasteiger partial charge in [-0.15, -0.1) is 10.2 Å². The Kier molecular flexibility index (Phi) is 5.64. The third-order valence-electron chi connectivity index (χ3n) is 4.92. The number of para-hydroxylation sites is 1. The topological polar surface area (TPSA) is 116 Å². The van der Waals surface area contributed by atoms with E-state index >= 15 is 0 Å². The summed E-state index contributed by atoms with van der Waals surface area (Å²) in [5.41, 5.74) is -0.0643. The summed E-state index contributed by atoms with van der Waals surface area (Å²) in [4.78, 5) is 28.8. The molecule has 13 heteroatoms. The number of nitrogens with zero attached hydrogens (tertiary/aromatic N) is 6. The number of alkyl halides is 3. The molecule has 0 aliphatic rings. The Morgan fingerprint density at radius 3 is 2.42 bits per heavy atom. The highest BCUT2D eigenvalue weighted by molar-refractivity contribution is 6.02. The Bertz CT molecular complexity index is 1610. The van der Waals surface area contributed by atoms with Crippen LogP contribution in [0.1, 0.15) is 16.3 Å². The molecule has 3 heterocycles. The summed E-state index contributed by atoms with van der Waals surface area (Å²) in [6, 6.07) is 16.1. The van der Waals surface area contributed by atoms with E-state index in [2.05, 4.69) is 25.6 Å². The highest BCUT2D eigenvalue weighted by Gasteiger charge is 2.37. The number of carbonyl (C=O) groups excluding carboxylic acids is 1. The fourth-order valence-corrected chi connectivity index (χ4v) is 3.27. The summed E-state index contributed by atoms with van der Waals surface area (Å²) in [6.45, 7) is 0. The highest BCUT2D eigenvalue weighted by Crippen LogP contribution is 2.30. The number of nitrogens with one attached hydrogen (secondary N) is 1. The van der Waals surface area contributed by atoms with E-state index in [0.29, 0.717) is 11.4 Å². The van der Waals surface area contributed by atoms with Crippen LogP contribution >= 0.6 is 0 Å². The third kappa shape index (κ3) is 4.49. The van der Waals surface area contributed by atoms with Crippen LogP contribution in [0, 0.1) is 0 Å². The van der Waals surface area contributed by atoms with Gasteiger partial charge in [0.25, 0.3) is 11.8 Å². The zero-order chi connectivity index (χ0) is 25.3. The summed E-state index contributed by atoms with van der Waals surface area (Å²) in [7, 11) is 0. The van der Waals surface area contributed by atoms with Gasteiger partial charge < -0.3 is 10.1 Å². The minimum absolute atomic E-state index is 0.188. The van der Waals surface area contributed by atoms with E-state index in [-0.39, 0.29) is 23.0 Å². The summed E-state index contributed by atoms with van der Waals surface area (Å²) in [6.07, 6.45) is -1.03. The maximum absolute atomic E-state index is 13.1. The minimum atomic E-state index is -4.70. The fraction of sp³-hybridized carbons (Fsp3) is 0.0435. The van der Waals surface area contributed by atoms with Crippen LogP contribution in [0.3, 0.4) is 0 Å². The van der Waals surface area contributed by atoms with E-state index in [1.165, 1.54) is 41.2 Å². The van der Waals surface area contributed by atoms with Crippen molar-refractivity contribution in [2.24, 2.45) is 0 Å². The van der Waals surface area contributed by atoms with Gasteiger partial charge in [-0.1, -0.05) is 18.2 Å². The van der Waals surface area contributed by atoms with Gasteiger partial charge >= 0.3 is 6.18 Å². The van der Waals surface area contributed by atoms with E-state index < -0.39 is 23.3 Å². The van der Waals surface area contributed by atoms with Crippen molar-refractivity contribution in [2.75, 3.05) is 5.32 Å². The average molecular weight is 493 g/mol. The molecular formula is C23H14F3N7O3. The van der Waals surface area contributed by atoms with Gasteiger partial charge in [0.15, 0.2) is 5.69 Å². The smallest absolute Gasteiger partial charge is 0.436 e. The number of hydrogen-bond donors (Lipinski definition) is 1. The molecule has 0 saturated heterocycles. The van der Waals surface area contributed by atoms with Crippen molar-refractivity contribution >= 4 is 17.2 Å². The predicted molar refractivity (Wildman–Crippen MR) is 120 cm³/mol. The summed E-state index contributed by atoms with van der Waals surface area (Å²) in [5.74, 6) is -1.89. The molecule has 3 aromatic heterocycles. The third-order valence-corrected chi connectivity index (χ3v) is 4.92. The molecule has 0 aliphatic carbocycles. The maximum atomic E-state index is 13.1. The van der Waals surface area contributed by atoms with Crippen LogP contribution in [-0.2, 0) is 6.18 Å². The Morgan fingerprint density at radius 1 is 0.944 bits per heavy atom. The van der Waals surface area contributed by atoms with E-state index in [4.69, 9.17) is 4.74 Å². The molecule has 0 atom stereocenters. The Morgan fingerprint density at radius 2 is 1.69 bits per heavy atom. The first-order chi connectivity index (χ1) is 17.3. The van der Waals surface area contributed by atoms with Crippen molar-refractivity contribution in [2.45, 2.75) is 6.18 Å². The molecule has 5 aromatic rings. The normalized spacial score (nSPS) is 11.4. The molecule has 36 heavy (non-hydrogen) atoms.